The van der Waals surface area contributed by atoms with Crippen LogP contribution in [0.3, 0.4) is 0 Å². The van der Waals surface area contributed by atoms with E-state index in [0.717, 1.165) is 4.90 Å². The minimum atomic E-state index is -0.427. The lowest BCUT2D eigenvalue weighted by Crippen LogP contribution is -2.41. The maximum atomic E-state index is 11.1. The van der Waals surface area contributed by atoms with E-state index in [-0.39, 0.29) is 18.4 Å². The SMILES string of the molecule is CC(=O)OCC(C)N1C(=O)C=CC1=O. The Balaban J connectivity index is 2.52. The number of carbonyl (C=O) groups is 3. The van der Waals surface area contributed by atoms with E-state index < -0.39 is 12.0 Å². The molecule has 1 aliphatic rings. The second kappa shape index (κ2) is 4.04. The topological polar surface area (TPSA) is 63.7 Å². The Morgan fingerprint density at radius 2 is 1.93 bits per heavy atom. The second-order valence-electron chi connectivity index (χ2n) is 3.03. The number of hydrogen-bond donors (Lipinski definition) is 0. The number of rotatable bonds is 3. The second-order valence-corrected chi connectivity index (χ2v) is 3.03. The van der Waals surface area contributed by atoms with Crippen molar-refractivity contribution in [3.8, 4) is 0 Å². The predicted molar refractivity (Wildman–Crippen MR) is 47.1 cm³/mol. The average Bonchev–Trinajstić information content (AvgIpc) is 2.42. The third-order valence-electron chi connectivity index (χ3n) is 1.81. The number of hydrogen-bond acceptors (Lipinski definition) is 4. The molecule has 5 heteroatoms. The van der Waals surface area contributed by atoms with Gasteiger partial charge < -0.3 is 4.74 Å². The van der Waals surface area contributed by atoms with Crippen molar-refractivity contribution in [3.63, 3.8) is 0 Å². The molecular weight excluding hydrogens is 186 g/mol. The van der Waals surface area contributed by atoms with Crippen molar-refractivity contribution >= 4 is 17.8 Å². The molecule has 0 aromatic heterocycles. The Bertz CT molecular complexity index is 290. The molecule has 76 valence electrons. The number of amides is 2. The lowest BCUT2D eigenvalue weighted by atomic mass is 10.3. The van der Waals surface area contributed by atoms with Crippen LogP contribution < -0.4 is 0 Å². The van der Waals surface area contributed by atoms with Crippen LogP contribution in [0.1, 0.15) is 13.8 Å². The first-order chi connectivity index (χ1) is 6.52. The Morgan fingerprint density at radius 3 is 2.36 bits per heavy atom. The summed E-state index contributed by atoms with van der Waals surface area (Å²) in [6.07, 6.45) is 2.40. The van der Waals surface area contributed by atoms with Crippen LogP contribution in [-0.2, 0) is 19.1 Å². The van der Waals surface area contributed by atoms with Gasteiger partial charge >= 0.3 is 5.97 Å². The third kappa shape index (κ3) is 2.18. The van der Waals surface area contributed by atoms with Crippen LogP contribution in [-0.4, -0.2) is 35.3 Å². The van der Waals surface area contributed by atoms with Gasteiger partial charge in [0.15, 0.2) is 0 Å². The summed E-state index contributed by atoms with van der Waals surface area (Å²) in [5.74, 6) is -1.16. The van der Waals surface area contributed by atoms with E-state index in [2.05, 4.69) is 0 Å². The van der Waals surface area contributed by atoms with Gasteiger partial charge in [-0.25, -0.2) is 0 Å². The molecule has 1 aliphatic heterocycles. The van der Waals surface area contributed by atoms with Crippen LogP contribution in [0.15, 0.2) is 12.2 Å². The Kier molecular flexibility index (Phi) is 3.01. The van der Waals surface area contributed by atoms with Gasteiger partial charge in [-0.1, -0.05) is 0 Å². The standard InChI is InChI=1S/C9H11NO4/c1-6(5-14-7(2)11)10-8(12)3-4-9(10)13/h3-4,6H,5H2,1-2H3. The molecule has 1 heterocycles. The van der Waals surface area contributed by atoms with E-state index in [9.17, 15) is 14.4 Å². The van der Waals surface area contributed by atoms with Crippen molar-refractivity contribution in [2.45, 2.75) is 19.9 Å². The Hall–Kier alpha value is -1.65. The molecule has 1 rings (SSSR count). The van der Waals surface area contributed by atoms with Gasteiger partial charge in [0.25, 0.3) is 11.8 Å². The lowest BCUT2D eigenvalue weighted by molar-refractivity contribution is -0.148. The highest BCUT2D eigenvalue weighted by Gasteiger charge is 2.28. The molecule has 0 fully saturated rings. The molecule has 14 heavy (non-hydrogen) atoms. The minimum absolute atomic E-state index is 0.0362. The van der Waals surface area contributed by atoms with Crippen LogP contribution >= 0.6 is 0 Å². The zero-order valence-corrected chi connectivity index (χ0v) is 8.02. The normalized spacial score (nSPS) is 17.4. The molecule has 1 atom stereocenters. The van der Waals surface area contributed by atoms with Crippen molar-refractivity contribution < 1.29 is 19.1 Å². The third-order valence-corrected chi connectivity index (χ3v) is 1.81. The molecule has 0 saturated carbocycles. The fourth-order valence-electron chi connectivity index (χ4n) is 1.16. The van der Waals surface area contributed by atoms with Gasteiger partial charge in [0, 0.05) is 19.1 Å². The molecule has 0 bridgehead atoms. The summed E-state index contributed by atoms with van der Waals surface area (Å²) in [4.78, 5) is 33.9. The molecular formula is C9H11NO4. The van der Waals surface area contributed by atoms with E-state index in [1.54, 1.807) is 6.92 Å². The summed E-state index contributed by atoms with van der Waals surface area (Å²) in [6, 6.07) is -0.422. The monoisotopic (exact) mass is 197 g/mol. The fourth-order valence-corrected chi connectivity index (χ4v) is 1.16. The van der Waals surface area contributed by atoms with Gasteiger partial charge in [0.2, 0.25) is 0 Å². The van der Waals surface area contributed by atoms with Crippen LogP contribution in [0.2, 0.25) is 0 Å². The lowest BCUT2D eigenvalue weighted by Gasteiger charge is -2.21. The number of esters is 1. The van der Waals surface area contributed by atoms with Crippen molar-refractivity contribution in [2.24, 2.45) is 0 Å². The first-order valence-corrected chi connectivity index (χ1v) is 4.21. The highest BCUT2D eigenvalue weighted by Crippen LogP contribution is 2.08. The van der Waals surface area contributed by atoms with Crippen molar-refractivity contribution in [1.29, 1.82) is 0 Å². The zero-order valence-electron chi connectivity index (χ0n) is 8.02. The van der Waals surface area contributed by atoms with Gasteiger partial charge in [-0.3, -0.25) is 19.3 Å². The molecule has 5 nitrogen and oxygen atoms in total. The van der Waals surface area contributed by atoms with Crippen LogP contribution in [0.4, 0.5) is 0 Å². The van der Waals surface area contributed by atoms with E-state index >= 15 is 0 Å². The molecule has 0 spiro atoms. The van der Waals surface area contributed by atoms with Crippen LogP contribution in [0.5, 0.6) is 0 Å². The number of nitrogens with zero attached hydrogens (tertiary/aromatic N) is 1. The molecule has 0 aliphatic carbocycles. The molecule has 2 amide bonds. The quantitative estimate of drug-likeness (QED) is 0.466. The van der Waals surface area contributed by atoms with Crippen molar-refractivity contribution in [2.75, 3.05) is 6.61 Å². The summed E-state index contributed by atoms with van der Waals surface area (Å²) >= 11 is 0. The van der Waals surface area contributed by atoms with E-state index in [0.29, 0.717) is 0 Å². The maximum Gasteiger partial charge on any atom is 0.302 e. The summed E-state index contributed by atoms with van der Waals surface area (Å²) in [5, 5.41) is 0. The molecule has 0 radical (unpaired) electrons. The fraction of sp³-hybridized carbons (Fsp3) is 0.444. The molecule has 0 saturated heterocycles. The van der Waals surface area contributed by atoms with E-state index in [1.807, 2.05) is 0 Å². The Labute approximate surface area is 81.3 Å². The van der Waals surface area contributed by atoms with Gasteiger partial charge in [0.1, 0.15) is 6.61 Å². The van der Waals surface area contributed by atoms with E-state index in [4.69, 9.17) is 4.74 Å². The molecule has 0 N–H and O–H groups in total. The smallest absolute Gasteiger partial charge is 0.302 e. The van der Waals surface area contributed by atoms with Gasteiger partial charge in [-0.15, -0.1) is 0 Å². The Morgan fingerprint density at radius 1 is 1.43 bits per heavy atom. The summed E-state index contributed by atoms with van der Waals surface area (Å²) in [5.41, 5.74) is 0. The number of carbonyl (C=O) groups excluding carboxylic acids is 3. The number of ether oxygens (including phenoxy) is 1. The summed E-state index contributed by atoms with van der Waals surface area (Å²) in [6.45, 7) is 2.96. The highest BCUT2D eigenvalue weighted by molar-refractivity contribution is 6.13. The first-order valence-electron chi connectivity index (χ1n) is 4.21. The van der Waals surface area contributed by atoms with Crippen molar-refractivity contribution in [1.82, 2.24) is 4.90 Å². The first kappa shape index (κ1) is 10.4. The van der Waals surface area contributed by atoms with E-state index in [1.165, 1.54) is 19.1 Å². The van der Waals surface area contributed by atoms with Crippen molar-refractivity contribution in [3.05, 3.63) is 12.2 Å². The highest BCUT2D eigenvalue weighted by atomic mass is 16.5. The molecule has 1 unspecified atom stereocenters. The minimum Gasteiger partial charge on any atom is -0.464 e. The summed E-state index contributed by atoms with van der Waals surface area (Å²) in [7, 11) is 0. The predicted octanol–water partition coefficient (Wildman–Crippen LogP) is -0.137. The average molecular weight is 197 g/mol. The van der Waals surface area contributed by atoms with Gasteiger partial charge in [-0.2, -0.15) is 0 Å². The number of imide groups is 1. The molecule has 0 aromatic carbocycles. The van der Waals surface area contributed by atoms with Crippen LogP contribution in [0.25, 0.3) is 0 Å². The summed E-state index contributed by atoms with van der Waals surface area (Å²) < 4.78 is 4.70. The zero-order chi connectivity index (χ0) is 10.7. The van der Waals surface area contributed by atoms with Crippen LogP contribution in [0, 0.1) is 0 Å². The maximum absolute atomic E-state index is 11.1. The largest absolute Gasteiger partial charge is 0.464 e. The molecule has 0 aromatic rings. The van der Waals surface area contributed by atoms with Gasteiger partial charge in [0.05, 0.1) is 6.04 Å². The van der Waals surface area contributed by atoms with Gasteiger partial charge in [-0.05, 0) is 6.92 Å².